The Morgan fingerprint density at radius 2 is 2.05 bits per heavy atom. The molecule has 3 rings (SSSR count). The van der Waals surface area contributed by atoms with Crippen molar-refractivity contribution in [3.63, 3.8) is 0 Å². The summed E-state index contributed by atoms with van der Waals surface area (Å²) in [7, 11) is 0. The van der Waals surface area contributed by atoms with Gasteiger partial charge in [-0.1, -0.05) is 12.1 Å². The highest BCUT2D eigenvalue weighted by Crippen LogP contribution is 2.45. The maximum absolute atomic E-state index is 10.9. The zero-order chi connectivity index (χ0) is 13.2. The molecule has 1 aliphatic carbocycles. The van der Waals surface area contributed by atoms with Crippen LogP contribution in [0.1, 0.15) is 24.4 Å². The summed E-state index contributed by atoms with van der Waals surface area (Å²) in [5.74, 6) is 0.681. The smallest absolute Gasteiger partial charge is 0.269 e. The molecule has 1 saturated carbocycles. The molecular formula is C14H19N3O2. The fraction of sp³-hybridized carbons (Fsp3) is 0.571. The lowest BCUT2D eigenvalue weighted by molar-refractivity contribution is -0.385. The van der Waals surface area contributed by atoms with Gasteiger partial charge in [0.15, 0.2) is 0 Å². The predicted octanol–water partition coefficient (Wildman–Crippen LogP) is 1.95. The van der Waals surface area contributed by atoms with E-state index in [2.05, 4.69) is 10.2 Å². The first-order valence-corrected chi connectivity index (χ1v) is 6.95. The molecule has 1 aliphatic heterocycles. The van der Waals surface area contributed by atoms with Gasteiger partial charge < -0.3 is 5.32 Å². The Hall–Kier alpha value is -1.46. The molecule has 2 aliphatic rings. The number of nitro benzene ring substituents is 1. The van der Waals surface area contributed by atoms with Gasteiger partial charge in [0, 0.05) is 44.4 Å². The Labute approximate surface area is 112 Å². The van der Waals surface area contributed by atoms with Gasteiger partial charge >= 0.3 is 0 Å². The van der Waals surface area contributed by atoms with Crippen molar-refractivity contribution in [2.24, 2.45) is 5.92 Å². The first-order chi connectivity index (χ1) is 9.25. The second-order valence-corrected chi connectivity index (χ2v) is 5.42. The minimum absolute atomic E-state index is 0.207. The number of piperazine rings is 1. The van der Waals surface area contributed by atoms with Crippen LogP contribution in [-0.4, -0.2) is 36.0 Å². The number of nitrogens with one attached hydrogen (secondary N) is 1. The molecule has 5 nitrogen and oxygen atoms in total. The van der Waals surface area contributed by atoms with Gasteiger partial charge in [-0.2, -0.15) is 0 Å². The fourth-order valence-corrected chi connectivity index (χ4v) is 2.98. The standard InChI is InChI=1S/C14H19N3O2/c18-17(19)13-3-1-2-12(10-13)14(11-4-5-11)16-8-6-15-7-9-16/h1-3,10-11,14-15H,4-9H2/t14-/m1/s1. The summed E-state index contributed by atoms with van der Waals surface area (Å²) in [4.78, 5) is 13.1. The second kappa shape index (κ2) is 5.27. The van der Waals surface area contributed by atoms with Crippen LogP contribution in [0, 0.1) is 16.0 Å². The van der Waals surface area contributed by atoms with E-state index in [1.807, 2.05) is 12.1 Å². The number of nitro groups is 1. The van der Waals surface area contributed by atoms with E-state index in [-0.39, 0.29) is 10.6 Å². The van der Waals surface area contributed by atoms with Crippen LogP contribution >= 0.6 is 0 Å². The number of hydrogen-bond acceptors (Lipinski definition) is 4. The first-order valence-electron chi connectivity index (χ1n) is 6.95. The summed E-state index contributed by atoms with van der Waals surface area (Å²) >= 11 is 0. The number of hydrogen-bond donors (Lipinski definition) is 1. The Balaban J connectivity index is 1.86. The van der Waals surface area contributed by atoms with E-state index in [1.165, 1.54) is 12.8 Å². The summed E-state index contributed by atoms with van der Waals surface area (Å²) in [6, 6.07) is 7.54. The maximum Gasteiger partial charge on any atom is 0.269 e. The normalized spacial score (nSPS) is 22.1. The lowest BCUT2D eigenvalue weighted by Crippen LogP contribution is -2.45. The second-order valence-electron chi connectivity index (χ2n) is 5.42. The Kier molecular flexibility index (Phi) is 3.48. The van der Waals surface area contributed by atoms with Crippen LogP contribution in [-0.2, 0) is 0 Å². The molecule has 0 aromatic heterocycles. The maximum atomic E-state index is 10.9. The molecule has 0 radical (unpaired) electrons. The van der Waals surface area contributed by atoms with Gasteiger partial charge in [0.2, 0.25) is 0 Å². The van der Waals surface area contributed by atoms with Crippen molar-refractivity contribution in [2.45, 2.75) is 18.9 Å². The molecule has 0 unspecified atom stereocenters. The van der Waals surface area contributed by atoms with Gasteiger partial charge in [-0.05, 0) is 24.3 Å². The lowest BCUT2D eigenvalue weighted by Gasteiger charge is -2.35. The molecule has 0 bridgehead atoms. The summed E-state index contributed by atoms with van der Waals surface area (Å²) in [5, 5.41) is 14.3. The SMILES string of the molecule is O=[N+]([O-])c1cccc([C@@H](C2CC2)N2CCNCC2)c1. The Morgan fingerprint density at radius 1 is 1.32 bits per heavy atom. The van der Waals surface area contributed by atoms with Crippen molar-refractivity contribution in [3.05, 3.63) is 39.9 Å². The van der Waals surface area contributed by atoms with E-state index in [1.54, 1.807) is 12.1 Å². The molecule has 0 amide bonds. The minimum Gasteiger partial charge on any atom is -0.314 e. The molecule has 1 heterocycles. The van der Waals surface area contributed by atoms with Crippen LogP contribution in [0.3, 0.4) is 0 Å². The molecule has 1 aromatic carbocycles. The Morgan fingerprint density at radius 3 is 2.68 bits per heavy atom. The van der Waals surface area contributed by atoms with Crippen molar-refractivity contribution in [1.82, 2.24) is 10.2 Å². The number of non-ortho nitro benzene ring substituents is 1. The third-order valence-corrected chi connectivity index (χ3v) is 4.04. The highest BCUT2D eigenvalue weighted by Gasteiger charge is 2.37. The number of benzene rings is 1. The largest absolute Gasteiger partial charge is 0.314 e. The quantitative estimate of drug-likeness (QED) is 0.665. The zero-order valence-corrected chi connectivity index (χ0v) is 10.9. The molecule has 19 heavy (non-hydrogen) atoms. The van der Waals surface area contributed by atoms with Crippen LogP contribution in [0.5, 0.6) is 0 Å². The molecule has 5 heteroatoms. The average molecular weight is 261 g/mol. The summed E-state index contributed by atoms with van der Waals surface area (Å²) in [6.45, 7) is 4.09. The van der Waals surface area contributed by atoms with Crippen molar-refractivity contribution >= 4 is 5.69 Å². The predicted molar refractivity (Wildman–Crippen MR) is 73.0 cm³/mol. The minimum atomic E-state index is -0.300. The topological polar surface area (TPSA) is 58.4 Å². The van der Waals surface area contributed by atoms with Gasteiger partial charge in [0.05, 0.1) is 4.92 Å². The van der Waals surface area contributed by atoms with Crippen LogP contribution in [0.25, 0.3) is 0 Å². The van der Waals surface area contributed by atoms with Crippen LogP contribution in [0.15, 0.2) is 24.3 Å². The average Bonchev–Trinajstić information content (AvgIpc) is 3.25. The van der Waals surface area contributed by atoms with Gasteiger partial charge in [0.25, 0.3) is 5.69 Å². The fourth-order valence-electron chi connectivity index (χ4n) is 2.98. The lowest BCUT2D eigenvalue weighted by atomic mass is 9.99. The van der Waals surface area contributed by atoms with Gasteiger partial charge in [-0.3, -0.25) is 15.0 Å². The van der Waals surface area contributed by atoms with Gasteiger partial charge in [-0.25, -0.2) is 0 Å². The van der Waals surface area contributed by atoms with Gasteiger partial charge in [-0.15, -0.1) is 0 Å². The first kappa shape index (κ1) is 12.6. The molecule has 1 saturated heterocycles. The van der Waals surface area contributed by atoms with Crippen LogP contribution in [0.4, 0.5) is 5.69 Å². The van der Waals surface area contributed by atoms with E-state index >= 15 is 0 Å². The molecule has 1 aromatic rings. The van der Waals surface area contributed by atoms with E-state index in [0.717, 1.165) is 31.7 Å². The molecule has 0 spiro atoms. The summed E-state index contributed by atoms with van der Waals surface area (Å²) < 4.78 is 0. The van der Waals surface area contributed by atoms with Crippen LogP contribution < -0.4 is 5.32 Å². The van der Waals surface area contributed by atoms with E-state index < -0.39 is 0 Å². The van der Waals surface area contributed by atoms with E-state index in [0.29, 0.717) is 12.0 Å². The van der Waals surface area contributed by atoms with E-state index in [4.69, 9.17) is 0 Å². The van der Waals surface area contributed by atoms with Gasteiger partial charge in [0.1, 0.15) is 0 Å². The van der Waals surface area contributed by atoms with E-state index in [9.17, 15) is 10.1 Å². The summed E-state index contributed by atoms with van der Waals surface area (Å²) in [6.07, 6.45) is 2.49. The number of rotatable bonds is 4. The van der Waals surface area contributed by atoms with Crippen LogP contribution in [0.2, 0.25) is 0 Å². The Bertz CT molecular complexity index is 468. The highest BCUT2D eigenvalue weighted by molar-refractivity contribution is 5.36. The third kappa shape index (κ3) is 2.77. The van der Waals surface area contributed by atoms with Crippen molar-refractivity contribution in [3.8, 4) is 0 Å². The third-order valence-electron chi connectivity index (χ3n) is 4.04. The molecule has 1 N–H and O–H groups in total. The monoisotopic (exact) mass is 261 g/mol. The molecule has 102 valence electrons. The zero-order valence-electron chi connectivity index (χ0n) is 10.9. The number of nitrogens with zero attached hydrogens (tertiary/aromatic N) is 2. The van der Waals surface area contributed by atoms with Crippen molar-refractivity contribution < 1.29 is 4.92 Å². The highest BCUT2D eigenvalue weighted by atomic mass is 16.6. The molecular weight excluding hydrogens is 242 g/mol. The summed E-state index contributed by atoms with van der Waals surface area (Å²) in [5.41, 5.74) is 1.32. The molecule has 1 atom stereocenters. The van der Waals surface area contributed by atoms with Crippen molar-refractivity contribution in [1.29, 1.82) is 0 Å². The van der Waals surface area contributed by atoms with Crippen molar-refractivity contribution in [2.75, 3.05) is 26.2 Å². The molecule has 2 fully saturated rings.